The van der Waals surface area contributed by atoms with Crippen molar-refractivity contribution in [3.63, 3.8) is 0 Å². The summed E-state index contributed by atoms with van der Waals surface area (Å²) in [6, 6.07) is 5.08. The smallest absolute Gasteiger partial charge is 0.321 e. The number of likely N-dealkylation sites (tertiary alicyclic amines) is 1. The van der Waals surface area contributed by atoms with Crippen LogP contribution < -0.4 is 11.1 Å². The summed E-state index contributed by atoms with van der Waals surface area (Å²) in [5.74, 6) is 1.42. The Morgan fingerprint density at radius 3 is 2.64 bits per heavy atom. The molecule has 0 saturated carbocycles. The summed E-state index contributed by atoms with van der Waals surface area (Å²) in [6.07, 6.45) is 1.40. The van der Waals surface area contributed by atoms with E-state index in [-0.39, 0.29) is 23.7 Å². The van der Waals surface area contributed by atoms with E-state index >= 15 is 0 Å². The number of rotatable bonds is 3. The van der Waals surface area contributed by atoms with Crippen molar-refractivity contribution in [3.8, 4) is 0 Å². The van der Waals surface area contributed by atoms with Gasteiger partial charge in [-0.1, -0.05) is 6.07 Å². The van der Waals surface area contributed by atoms with Gasteiger partial charge >= 0.3 is 6.03 Å². The summed E-state index contributed by atoms with van der Waals surface area (Å²) in [6.45, 7) is 1.86. The van der Waals surface area contributed by atoms with Crippen LogP contribution in [0.25, 0.3) is 0 Å². The molecule has 2 fully saturated rings. The molecule has 0 aromatic heterocycles. The third-order valence-corrected chi connectivity index (χ3v) is 5.73. The van der Waals surface area contributed by atoms with Crippen LogP contribution in [0.3, 0.4) is 0 Å². The minimum atomic E-state index is -0.493. The molecule has 1 unspecified atom stereocenters. The van der Waals surface area contributed by atoms with Crippen LogP contribution in [0.2, 0.25) is 0 Å². The van der Waals surface area contributed by atoms with Crippen molar-refractivity contribution in [2.75, 3.05) is 36.6 Å². The summed E-state index contributed by atoms with van der Waals surface area (Å²) in [5.41, 5.74) is 6.61. The van der Waals surface area contributed by atoms with Crippen LogP contribution >= 0.6 is 11.8 Å². The number of nitrogens with two attached hydrogens (primary N) is 1. The highest BCUT2D eigenvalue weighted by molar-refractivity contribution is 7.99. The van der Waals surface area contributed by atoms with Crippen molar-refractivity contribution in [3.05, 3.63) is 30.1 Å². The van der Waals surface area contributed by atoms with Gasteiger partial charge in [-0.15, -0.1) is 11.8 Å². The molecule has 0 bridgehead atoms. The molecule has 136 valence electrons. The number of anilines is 1. The Balaban J connectivity index is 1.49. The van der Waals surface area contributed by atoms with Crippen LogP contribution in [0.4, 0.5) is 14.9 Å². The first kappa shape index (κ1) is 18.0. The standard InChI is InChI=1S/C17H23FN4O2S/c18-13-2-1-3-14(10-13)20-17(24)21-6-4-12(5-7-21)15(19)16(23)22-8-9-25-11-22/h1-3,10,12,15H,4-9,11,19H2,(H,20,24). The summed E-state index contributed by atoms with van der Waals surface area (Å²) in [5, 5.41) is 2.70. The molecule has 1 aromatic rings. The predicted molar refractivity (Wildman–Crippen MR) is 96.7 cm³/mol. The van der Waals surface area contributed by atoms with Crippen molar-refractivity contribution in [2.45, 2.75) is 18.9 Å². The summed E-state index contributed by atoms with van der Waals surface area (Å²) < 4.78 is 13.2. The molecule has 3 amide bonds. The predicted octanol–water partition coefficient (Wildman–Crippen LogP) is 1.93. The Labute approximate surface area is 150 Å². The number of benzene rings is 1. The second kappa shape index (κ2) is 8.05. The minimum Gasteiger partial charge on any atom is -0.331 e. The number of thioether (sulfide) groups is 1. The topological polar surface area (TPSA) is 78.7 Å². The average molecular weight is 366 g/mol. The maximum Gasteiger partial charge on any atom is 0.321 e. The van der Waals surface area contributed by atoms with Gasteiger partial charge in [-0.25, -0.2) is 9.18 Å². The van der Waals surface area contributed by atoms with E-state index in [9.17, 15) is 14.0 Å². The molecule has 2 aliphatic heterocycles. The number of piperidine rings is 1. The molecule has 1 atom stereocenters. The van der Waals surface area contributed by atoms with Crippen molar-refractivity contribution in [2.24, 2.45) is 11.7 Å². The number of nitrogens with one attached hydrogen (secondary N) is 1. The van der Waals surface area contributed by atoms with Gasteiger partial charge in [0.1, 0.15) is 5.82 Å². The lowest BCUT2D eigenvalue weighted by molar-refractivity contribution is -0.132. The Morgan fingerprint density at radius 2 is 2.00 bits per heavy atom. The van der Waals surface area contributed by atoms with Gasteiger partial charge < -0.3 is 20.9 Å². The molecule has 2 saturated heterocycles. The molecule has 3 N–H and O–H groups in total. The fourth-order valence-corrected chi connectivity index (χ4v) is 4.19. The first-order valence-electron chi connectivity index (χ1n) is 8.48. The fraction of sp³-hybridized carbons (Fsp3) is 0.529. The van der Waals surface area contributed by atoms with Crippen LogP contribution in [-0.4, -0.2) is 59.0 Å². The zero-order valence-electron chi connectivity index (χ0n) is 14.0. The van der Waals surface area contributed by atoms with Crippen molar-refractivity contribution >= 4 is 29.4 Å². The highest BCUT2D eigenvalue weighted by Gasteiger charge is 2.33. The SMILES string of the molecule is NC(C(=O)N1CCSC1)C1CCN(C(=O)Nc2cccc(F)c2)CC1. The molecule has 0 spiro atoms. The van der Waals surface area contributed by atoms with Crippen molar-refractivity contribution in [1.82, 2.24) is 9.80 Å². The molecule has 3 rings (SSSR count). The fourth-order valence-electron chi connectivity index (χ4n) is 3.23. The zero-order valence-corrected chi connectivity index (χ0v) is 14.8. The normalized spacial score (nSPS) is 19.8. The van der Waals surface area contributed by atoms with Crippen molar-refractivity contribution < 1.29 is 14.0 Å². The van der Waals surface area contributed by atoms with Crippen LogP contribution in [-0.2, 0) is 4.79 Å². The van der Waals surface area contributed by atoms with E-state index in [1.54, 1.807) is 28.8 Å². The number of urea groups is 1. The maximum absolute atomic E-state index is 13.2. The lowest BCUT2D eigenvalue weighted by Gasteiger charge is -2.35. The number of carbonyl (C=O) groups excluding carboxylic acids is 2. The Kier molecular flexibility index (Phi) is 5.80. The summed E-state index contributed by atoms with van der Waals surface area (Å²) in [7, 11) is 0. The molecule has 1 aromatic carbocycles. The molecule has 2 aliphatic rings. The van der Waals surface area contributed by atoms with Gasteiger partial charge in [0.2, 0.25) is 5.91 Å². The first-order chi connectivity index (χ1) is 12.0. The van der Waals surface area contributed by atoms with Gasteiger partial charge in [0.15, 0.2) is 0 Å². The number of halogens is 1. The van der Waals surface area contributed by atoms with Gasteiger partial charge in [0.05, 0.1) is 11.9 Å². The van der Waals surface area contributed by atoms with E-state index in [1.807, 2.05) is 4.90 Å². The molecule has 25 heavy (non-hydrogen) atoms. The lowest BCUT2D eigenvalue weighted by Crippen LogP contribution is -2.51. The molecule has 6 nitrogen and oxygen atoms in total. The van der Waals surface area contributed by atoms with E-state index in [1.165, 1.54) is 12.1 Å². The van der Waals surface area contributed by atoms with Crippen molar-refractivity contribution in [1.29, 1.82) is 0 Å². The second-order valence-corrected chi connectivity index (χ2v) is 7.50. The third-order valence-electron chi connectivity index (χ3n) is 4.76. The van der Waals surface area contributed by atoms with E-state index in [4.69, 9.17) is 5.73 Å². The highest BCUT2D eigenvalue weighted by atomic mass is 32.2. The number of hydrogen-bond donors (Lipinski definition) is 2. The minimum absolute atomic E-state index is 0.0210. The summed E-state index contributed by atoms with van der Waals surface area (Å²) in [4.78, 5) is 28.2. The Morgan fingerprint density at radius 1 is 1.24 bits per heavy atom. The van der Waals surface area contributed by atoms with Crippen LogP contribution in [0.5, 0.6) is 0 Å². The lowest BCUT2D eigenvalue weighted by atomic mass is 9.89. The second-order valence-electron chi connectivity index (χ2n) is 6.43. The van der Waals surface area contributed by atoms with E-state index < -0.39 is 6.04 Å². The number of amides is 3. The molecular weight excluding hydrogens is 343 g/mol. The molecular formula is C17H23FN4O2S. The van der Waals surface area contributed by atoms with E-state index in [0.29, 0.717) is 31.6 Å². The first-order valence-corrected chi connectivity index (χ1v) is 9.63. The zero-order chi connectivity index (χ0) is 17.8. The van der Waals surface area contributed by atoms with Crippen LogP contribution in [0, 0.1) is 11.7 Å². The van der Waals surface area contributed by atoms with E-state index in [0.717, 1.165) is 18.2 Å². The summed E-state index contributed by atoms with van der Waals surface area (Å²) >= 11 is 1.74. The molecule has 8 heteroatoms. The third kappa shape index (κ3) is 4.43. The molecule has 0 radical (unpaired) electrons. The maximum atomic E-state index is 13.2. The van der Waals surface area contributed by atoms with Gasteiger partial charge in [-0.2, -0.15) is 0 Å². The largest absolute Gasteiger partial charge is 0.331 e. The van der Waals surface area contributed by atoms with Gasteiger partial charge in [0.25, 0.3) is 0 Å². The van der Waals surface area contributed by atoms with E-state index in [2.05, 4.69) is 5.32 Å². The Bertz CT molecular complexity index is 631. The molecule has 0 aliphatic carbocycles. The average Bonchev–Trinajstić information content (AvgIpc) is 3.15. The van der Waals surface area contributed by atoms with Crippen LogP contribution in [0.15, 0.2) is 24.3 Å². The monoisotopic (exact) mass is 366 g/mol. The molecule has 2 heterocycles. The van der Waals surface area contributed by atoms with Crippen LogP contribution in [0.1, 0.15) is 12.8 Å². The highest BCUT2D eigenvalue weighted by Crippen LogP contribution is 2.23. The quantitative estimate of drug-likeness (QED) is 0.857. The number of hydrogen-bond acceptors (Lipinski definition) is 4. The van der Waals surface area contributed by atoms with Gasteiger partial charge in [-0.05, 0) is 37.0 Å². The Hall–Kier alpha value is -1.80. The van der Waals surface area contributed by atoms with Gasteiger partial charge in [-0.3, -0.25) is 4.79 Å². The number of carbonyl (C=O) groups is 2. The van der Waals surface area contributed by atoms with Gasteiger partial charge in [0, 0.05) is 31.1 Å². The number of nitrogens with zero attached hydrogens (tertiary/aromatic N) is 2.